The summed E-state index contributed by atoms with van der Waals surface area (Å²) in [6.45, 7) is 4.38. The van der Waals surface area contributed by atoms with Crippen LogP contribution in [0.15, 0.2) is 0 Å². The average molecular weight is 201 g/mol. The standard InChI is InChI=1S/C7H14F3NO2/c1-6(2,3)13-11-4-5(12)7(8,9)10/h5,11-12H,4H2,1-3H3. The van der Waals surface area contributed by atoms with Crippen molar-refractivity contribution in [3.63, 3.8) is 0 Å². The number of alkyl halides is 3. The quantitative estimate of drug-likeness (QED) is 0.675. The predicted molar refractivity (Wildman–Crippen MR) is 40.9 cm³/mol. The number of rotatable bonds is 3. The minimum absolute atomic E-state index is 0.578. The zero-order valence-electron chi connectivity index (χ0n) is 7.77. The van der Waals surface area contributed by atoms with E-state index in [1.807, 2.05) is 0 Å². The van der Waals surface area contributed by atoms with Crippen molar-refractivity contribution in [2.75, 3.05) is 6.54 Å². The maximum Gasteiger partial charge on any atom is 0.415 e. The summed E-state index contributed by atoms with van der Waals surface area (Å²) in [5.74, 6) is 0. The van der Waals surface area contributed by atoms with Crippen molar-refractivity contribution < 1.29 is 23.1 Å². The molecule has 2 N–H and O–H groups in total. The lowest BCUT2D eigenvalue weighted by Gasteiger charge is -2.21. The van der Waals surface area contributed by atoms with Gasteiger partial charge < -0.3 is 5.11 Å². The summed E-state index contributed by atoms with van der Waals surface area (Å²) < 4.78 is 35.2. The normalized spacial score (nSPS) is 15.9. The van der Waals surface area contributed by atoms with Gasteiger partial charge in [0, 0.05) is 0 Å². The van der Waals surface area contributed by atoms with Gasteiger partial charge in [-0.1, -0.05) is 0 Å². The van der Waals surface area contributed by atoms with Crippen molar-refractivity contribution in [1.29, 1.82) is 0 Å². The van der Waals surface area contributed by atoms with Crippen molar-refractivity contribution in [1.82, 2.24) is 5.48 Å². The Bertz CT molecular complexity index is 153. The Morgan fingerprint density at radius 3 is 2.08 bits per heavy atom. The minimum Gasteiger partial charge on any atom is -0.382 e. The molecule has 0 fully saturated rings. The first-order valence-corrected chi connectivity index (χ1v) is 3.78. The van der Waals surface area contributed by atoms with E-state index in [-0.39, 0.29) is 0 Å². The summed E-state index contributed by atoms with van der Waals surface area (Å²) in [4.78, 5) is 4.79. The van der Waals surface area contributed by atoms with Crippen LogP contribution in [0, 0.1) is 0 Å². The molecule has 0 aromatic carbocycles. The van der Waals surface area contributed by atoms with Gasteiger partial charge in [0.1, 0.15) is 0 Å². The van der Waals surface area contributed by atoms with Gasteiger partial charge in [0.15, 0.2) is 6.10 Å². The number of aliphatic hydroxyl groups is 1. The molecule has 0 rings (SSSR count). The molecule has 0 aliphatic carbocycles. The molecule has 1 unspecified atom stereocenters. The highest BCUT2D eigenvalue weighted by Crippen LogP contribution is 2.19. The number of halogens is 3. The van der Waals surface area contributed by atoms with Gasteiger partial charge in [0.05, 0.1) is 12.1 Å². The van der Waals surface area contributed by atoms with Crippen LogP contribution in [0.1, 0.15) is 20.8 Å². The lowest BCUT2D eigenvalue weighted by Crippen LogP contribution is -2.41. The summed E-state index contributed by atoms with van der Waals surface area (Å²) in [5.41, 5.74) is 1.48. The van der Waals surface area contributed by atoms with Crippen LogP contribution < -0.4 is 5.48 Å². The van der Waals surface area contributed by atoms with Gasteiger partial charge in [-0.05, 0) is 20.8 Å². The molecule has 1 atom stereocenters. The average Bonchev–Trinajstić information content (AvgIpc) is 1.82. The van der Waals surface area contributed by atoms with Gasteiger partial charge in [-0.2, -0.15) is 18.7 Å². The van der Waals surface area contributed by atoms with Crippen molar-refractivity contribution in [2.24, 2.45) is 0 Å². The highest BCUT2D eigenvalue weighted by atomic mass is 19.4. The van der Waals surface area contributed by atoms with Crippen molar-refractivity contribution >= 4 is 0 Å². The van der Waals surface area contributed by atoms with E-state index >= 15 is 0 Å². The second-order valence-corrected chi connectivity index (χ2v) is 3.62. The van der Waals surface area contributed by atoms with Gasteiger partial charge in [-0.25, -0.2) is 0 Å². The van der Waals surface area contributed by atoms with Crippen LogP contribution in [0.2, 0.25) is 0 Å². The van der Waals surface area contributed by atoms with Crippen LogP contribution in [0.5, 0.6) is 0 Å². The number of hydroxylamine groups is 1. The van der Waals surface area contributed by atoms with E-state index in [0.29, 0.717) is 0 Å². The largest absolute Gasteiger partial charge is 0.415 e. The zero-order valence-corrected chi connectivity index (χ0v) is 7.77. The van der Waals surface area contributed by atoms with Crippen LogP contribution in [0.4, 0.5) is 13.2 Å². The number of hydrogen-bond acceptors (Lipinski definition) is 3. The summed E-state index contributed by atoms with van der Waals surface area (Å²) in [6.07, 6.45) is -7.00. The van der Waals surface area contributed by atoms with Crippen molar-refractivity contribution in [3.05, 3.63) is 0 Å². The molecule has 6 heteroatoms. The van der Waals surface area contributed by atoms with E-state index < -0.39 is 24.4 Å². The molecule has 0 aromatic rings. The van der Waals surface area contributed by atoms with Crippen molar-refractivity contribution in [2.45, 2.75) is 38.7 Å². The highest BCUT2D eigenvalue weighted by Gasteiger charge is 2.38. The maximum absolute atomic E-state index is 11.7. The molecule has 0 saturated heterocycles. The second-order valence-electron chi connectivity index (χ2n) is 3.62. The monoisotopic (exact) mass is 201 g/mol. The van der Waals surface area contributed by atoms with E-state index in [2.05, 4.69) is 5.48 Å². The van der Waals surface area contributed by atoms with Crippen LogP contribution in [-0.4, -0.2) is 29.5 Å². The third-order valence-electron chi connectivity index (χ3n) is 1.03. The first-order valence-electron chi connectivity index (χ1n) is 3.78. The molecule has 0 spiro atoms. The number of aliphatic hydroxyl groups excluding tert-OH is 1. The second kappa shape index (κ2) is 4.26. The van der Waals surface area contributed by atoms with Crippen LogP contribution in [0.3, 0.4) is 0 Å². The molecule has 0 radical (unpaired) electrons. The van der Waals surface area contributed by atoms with E-state index in [9.17, 15) is 13.2 Å². The smallest absolute Gasteiger partial charge is 0.382 e. The van der Waals surface area contributed by atoms with E-state index in [4.69, 9.17) is 9.94 Å². The molecular formula is C7H14F3NO2. The van der Waals surface area contributed by atoms with Gasteiger partial charge in [0.25, 0.3) is 0 Å². The van der Waals surface area contributed by atoms with Gasteiger partial charge in [-0.15, -0.1) is 0 Å². The molecule has 0 heterocycles. The van der Waals surface area contributed by atoms with Gasteiger partial charge in [0.2, 0.25) is 0 Å². The van der Waals surface area contributed by atoms with E-state index in [1.54, 1.807) is 20.8 Å². The Labute approximate surface area is 74.8 Å². The topological polar surface area (TPSA) is 41.5 Å². The van der Waals surface area contributed by atoms with Crippen LogP contribution >= 0.6 is 0 Å². The summed E-state index contributed by atoms with van der Waals surface area (Å²) >= 11 is 0. The first-order chi connectivity index (χ1) is 5.63. The molecule has 3 nitrogen and oxygen atoms in total. The molecule has 0 aliphatic heterocycles. The van der Waals surface area contributed by atoms with Crippen molar-refractivity contribution in [3.8, 4) is 0 Å². The lowest BCUT2D eigenvalue weighted by molar-refractivity contribution is -0.212. The maximum atomic E-state index is 11.7. The fourth-order valence-corrected chi connectivity index (χ4v) is 0.453. The zero-order chi connectivity index (χ0) is 10.7. The Hall–Kier alpha value is -0.330. The Morgan fingerprint density at radius 1 is 1.31 bits per heavy atom. The predicted octanol–water partition coefficient (Wildman–Crippen LogP) is 1.23. The molecule has 0 bridgehead atoms. The van der Waals surface area contributed by atoms with Crippen LogP contribution in [-0.2, 0) is 4.84 Å². The number of nitrogens with one attached hydrogen (secondary N) is 1. The minimum atomic E-state index is -4.60. The SMILES string of the molecule is CC(C)(C)ONCC(O)C(F)(F)F. The van der Waals surface area contributed by atoms with Gasteiger partial charge in [-0.3, -0.25) is 4.84 Å². The van der Waals surface area contributed by atoms with Gasteiger partial charge >= 0.3 is 6.18 Å². The molecule has 80 valence electrons. The Kier molecular flexibility index (Phi) is 4.15. The molecule has 0 saturated carbocycles. The summed E-state index contributed by atoms with van der Waals surface area (Å²) in [6, 6.07) is 0. The third kappa shape index (κ3) is 6.80. The Morgan fingerprint density at radius 2 is 1.77 bits per heavy atom. The highest BCUT2D eigenvalue weighted by molar-refractivity contribution is 4.66. The van der Waals surface area contributed by atoms with E-state index in [1.165, 1.54) is 0 Å². The molecule has 0 amide bonds. The lowest BCUT2D eigenvalue weighted by atomic mass is 10.2. The fraction of sp³-hybridized carbons (Fsp3) is 1.00. The molecular weight excluding hydrogens is 187 g/mol. The van der Waals surface area contributed by atoms with E-state index in [0.717, 1.165) is 0 Å². The third-order valence-corrected chi connectivity index (χ3v) is 1.03. The molecule has 0 aromatic heterocycles. The number of hydrogen-bond donors (Lipinski definition) is 2. The summed E-state index contributed by atoms with van der Waals surface area (Å²) in [5, 5.41) is 8.52. The Balaban J connectivity index is 3.67. The molecule has 13 heavy (non-hydrogen) atoms. The summed E-state index contributed by atoms with van der Waals surface area (Å²) in [7, 11) is 0. The fourth-order valence-electron chi connectivity index (χ4n) is 0.453. The first kappa shape index (κ1) is 12.7. The molecule has 0 aliphatic rings. The van der Waals surface area contributed by atoms with Crippen LogP contribution in [0.25, 0.3) is 0 Å².